The number of hydrogen-bond acceptors (Lipinski definition) is 0. The number of rotatable bonds is 3. The predicted molar refractivity (Wildman–Crippen MR) is 112 cm³/mol. The quantitative estimate of drug-likeness (QED) is 0.449. The van der Waals surface area contributed by atoms with Crippen molar-refractivity contribution < 1.29 is 0 Å². The van der Waals surface area contributed by atoms with Gasteiger partial charge in [-0.15, -0.1) is 0 Å². The Morgan fingerprint density at radius 3 is 1.64 bits per heavy atom. The van der Waals surface area contributed by atoms with Gasteiger partial charge >= 0.3 is 0 Å². The van der Waals surface area contributed by atoms with E-state index in [9.17, 15) is 0 Å². The molecule has 0 heterocycles. The molecule has 0 aliphatic heterocycles. The van der Waals surface area contributed by atoms with Gasteiger partial charge in [0.1, 0.15) is 0 Å². The number of hydrogen-bond donors (Lipinski definition) is 0. The van der Waals surface area contributed by atoms with Crippen molar-refractivity contribution in [3.63, 3.8) is 0 Å². The summed E-state index contributed by atoms with van der Waals surface area (Å²) in [6.45, 7) is 4.30. The van der Waals surface area contributed by atoms with Crippen LogP contribution in [0.1, 0.15) is 11.1 Å². The van der Waals surface area contributed by atoms with Gasteiger partial charge in [0.05, 0.1) is 0 Å². The van der Waals surface area contributed by atoms with Crippen LogP contribution in [0.2, 0.25) is 0 Å². The van der Waals surface area contributed by atoms with Crippen LogP contribution in [0.4, 0.5) is 0 Å². The van der Waals surface area contributed by atoms with Crippen LogP contribution >= 0.6 is 7.92 Å². The highest BCUT2D eigenvalue weighted by Crippen LogP contribution is 2.35. The van der Waals surface area contributed by atoms with E-state index < -0.39 is 7.92 Å². The summed E-state index contributed by atoms with van der Waals surface area (Å²) in [6.07, 6.45) is 0. The topological polar surface area (TPSA) is 0 Å². The normalized spacial score (nSPS) is 11.2. The minimum atomic E-state index is -0.571. The molecule has 25 heavy (non-hydrogen) atoms. The van der Waals surface area contributed by atoms with Gasteiger partial charge in [-0.25, -0.2) is 0 Å². The van der Waals surface area contributed by atoms with Gasteiger partial charge in [0.25, 0.3) is 0 Å². The fourth-order valence-corrected chi connectivity index (χ4v) is 5.65. The molecule has 4 aromatic rings. The Hall–Kier alpha value is -2.43. The molecule has 0 bridgehead atoms. The molecular weight excluding hydrogens is 319 g/mol. The molecule has 0 saturated heterocycles. The molecule has 0 unspecified atom stereocenters. The zero-order chi connectivity index (χ0) is 17.2. The smallest absolute Gasteiger partial charge is 0.00726 e. The Labute approximate surface area is 150 Å². The van der Waals surface area contributed by atoms with Gasteiger partial charge in [-0.05, 0) is 48.5 Å². The Kier molecular flexibility index (Phi) is 4.38. The second-order valence-corrected chi connectivity index (χ2v) is 8.69. The first-order valence-corrected chi connectivity index (χ1v) is 9.98. The maximum absolute atomic E-state index is 2.30. The fraction of sp³-hybridized carbons (Fsp3) is 0.0833. The second-order valence-electron chi connectivity index (χ2n) is 6.50. The predicted octanol–water partition coefficient (Wildman–Crippen LogP) is 5.21. The summed E-state index contributed by atoms with van der Waals surface area (Å²) in [5.41, 5.74) is 2.61. The largest absolute Gasteiger partial charge is 0.0616 e. The van der Waals surface area contributed by atoms with Gasteiger partial charge in [0, 0.05) is 0 Å². The highest BCUT2D eigenvalue weighted by Gasteiger charge is 2.18. The van der Waals surface area contributed by atoms with Gasteiger partial charge in [0.15, 0.2) is 0 Å². The van der Waals surface area contributed by atoms with Crippen LogP contribution in [0.25, 0.3) is 10.8 Å². The summed E-state index contributed by atoms with van der Waals surface area (Å²) in [4.78, 5) is 0. The van der Waals surface area contributed by atoms with E-state index >= 15 is 0 Å². The van der Waals surface area contributed by atoms with Crippen LogP contribution in [0.5, 0.6) is 0 Å². The monoisotopic (exact) mass is 340 g/mol. The summed E-state index contributed by atoms with van der Waals surface area (Å²) in [7, 11) is -0.571. The van der Waals surface area contributed by atoms with Crippen molar-refractivity contribution in [3.05, 3.63) is 102 Å². The molecule has 4 aromatic carbocycles. The molecule has 0 spiro atoms. The molecule has 0 amide bonds. The van der Waals surface area contributed by atoms with Crippen LogP contribution in [0.15, 0.2) is 91.0 Å². The van der Waals surface area contributed by atoms with Crippen LogP contribution in [-0.2, 0) is 0 Å². The summed E-state index contributed by atoms with van der Waals surface area (Å²) in [5.74, 6) is 0. The minimum absolute atomic E-state index is 0.571. The van der Waals surface area contributed by atoms with E-state index in [0.717, 1.165) is 0 Å². The van der Waals surface area contributed by atoms with Gasteiger partial charge < -0.3 is 0 Å². The van der Waals surface area contributed by atoms with Crippen molar-refractivity contribution in [1.29, 1.82) is 0 Å². The first-order valence-electron chi connectivity index (χ1n) is 8.63. The molecule has 1 heteroatoms. The standard InChI is InChI=1S/C24H21P/c1-18-10-14-21(15-11-18)25(22-16-12-19(2)13-17-22)24-9-5-7-20-6-3-4-8-23(20)24/h3-17H,1-2H3. The molecule has 0 saturated carbocycles. The molecule has 0 aromatic heterocycles. The van der Waals surface area contributed by atoms with Crippen molar-refractivity contribution in [1.82, 2.24) is 0 Å². The van der Waals surface area contributed by atoms with E-state index in [2.05, 4.69) is 105 Å². The zero-order valence-electron chi connectivity index (χ0n) is 14.6. The third kappa shape index (κ3) is 3.23. The van der Waals surface area contributed by atoms with Crippen LogP contribution in [0, 0.1) is 13.8 Å². The van der Waals surface area contributed by atoms with E-state index in [0.29, 0.717) is 0 Å². The molecule has 0 nitrogen and oxygen atoms in total. The molecule has 0 radical (unpaired) electrons. The van der Waals surface area contributed by atoms with Crippen molar-refractivity contribution in [2.24, 2.45) is 0 Å². The first-order chi connectivity index (χ1) is 12.2. The maximum Gasteiger partial charge on any atom is -0.00726 e. The number of fused-ring (bicyclic) bond motifs is 1. The highest BCUT2D eigenvalue weighted by molar-refractivity contribution is 7.80. The van der Waals surface area contributed by atoms with Gasteiger partial charge in [-0.1, -0.05) is 102 Å². The van der Waals surface area contributed by atoms with Gasteiger partial charge in [0.2, 0.25) is 0 Å². The lowest BCUT2D eigenvalue weighted by Crippen LogP contribution is -2.21. The third-order valence-corrected chi connectivity index (χ3v) is 7.09. The second kappa shape index (κ2) is 6.82. The molecule has 0 atom stereocenters. The Morgan fingerprint density at radius 1 is 0.520 bits per heavy atom. The molecule has 0 N–H and O–H groups in total. The Morgan fingerprint density at radius 2 is 1.04 bits per heavy atom. The van der Waals surface area contributed by atoms with E-state index in [1.54, 1.807) is 0 Å². The summed E-state index contributed by atoms with van der Waals surface area (Å²) in [6, 6.07) is 33.5. The van der Waals surface area contributed by atoms with Crippen molar-refractivity contribution in [2.45, 2.75) is 13.8 Å². The lowest BCUT2D eigenvalue weighted by atomic mass is 10.1. The van der Waals surface area contributed by atoms with Crippen molar-refractivity contribution in [2.75, 3.05) is 0 Å². The molecule has 0 aliphatic carbocycles. The van der Waals surface area contributed by atoms with Gasteiger partial charge in [-0.2, -0.15) is 0 Å². The van der Waals surface area contributed by atoms with Crippen LogP contribution < -0.4 is 15.9 Å². The maximum atomic E-state index is 2.30. The molecule has 4 rings (SSSR count). The van der Waals surface area contributed by atoms with E-state index in [-0.39, 0.29) is 0 Å². The van der Waals surface area contributed by atoms with Crippen molar-refractivity contribution >= 4 is 34.6 Å². The van der Waals surface area contributed by atoms with Gasteiger partial charge in [-0.3, -0.25) is 0 Å². The summed E-state index contributed by atoms with van der Waals surface area (Å²) in [5, 5.41) is 6.91. The molecule has 0 fully saturated rings. The zero-order valence-corrected chi connectivity index (χ0v) is 15.5. The average molecular weight is 340 g/mol. The van der Waals surface area contributed by atoms with E-state index in [1.807, 2.05) is 0 Å². The fourth-order valence-electron chi connectivity index (χ4n) is 3.22. The highest BCUT2D eigenvalue weighted by atomic mass is 31.1. The summed E-state index contributed by atoms with van der Waals surface area (Å²) >= 11 is 0. The van der Waals surface area contributed by atoms with Crippen LogP contribution in [0.3, 0.4) is 0 Å². The lowest BCUT2D eigenvalue weighted by Gasteiger charge is -2.21. The number of aryl methyl sites for hydroxylation is 2. The molecular formula is C24H21P. The molecule has 122 valence electrons. The SMILES string of the molecule is Cc1ccc(P(c2ccc(C)cc2)c2cccc3ccccc23)cc1. The minimum Gasteiger partial charge on any atom is -0.0616 e. The van der Waals surface area contributed by atoms with E-state index in [4.69, 9.17) is 0 Å². The summed E-state index contributed by atoms with van der Waals surface area (Å²) < 4.78 is 0. The number of benzene rings is 4. The van der Waals surface area contributed by atoms with Crippen molar-refractivity contribution in [3.8, 4) is 0 Å². The Bertz CT molecular complexity index is 947. The third-order valence-electron chi connectivity index (χ3n) is 4.59. The van der Waals surface area contributed by atoms with Crippen LogP contribution in [-0.4, -0.2) is 0 Å². The van der Waals surface area contributed by atoms with E-state index in [1.165, 1.54) is 37.8 Å². The first kappa shape index (κ1) is 16.1. The molecule has 0 aliphatic rings. The average Bonchev–Trinajstić information content (AvgIpc) is 2.65. The lowest BCUT2D eigenvalue weighted by molar-refractivity contribution is 1.49. The Balaban J connectivity index is 1.96.